The van der Waals surface area contributed by atoms with Crippen LogP contribution in [0, 0.1) is 10.1 Å². The van der Waals surface area contributed by atoms with Crippen molar-refractivity contribution >= 4 is 15.7 Å². The topological polar surface area (TPSA) is 110 Å². The van der Waals surface area contributed by atoms with Crippen LogP contribution >= 0.6 is 0 Å². The second-order valence-electron chi connectivity index (χ2n) is 3.66. The van der Waals surface area contributed by atoms with Crippen LogP contribution in [0.1, 0.15) is 13.3 Å². The Morgan fingerprint density at radius 2 is 1.94 bits per heavy atom. The van der Waals surface area contributed by atoms with Gasteiger partial charge in [0.1, 0.15) is 0 Å². The van der Waals surface area contributed by atoms with E-state index in [0.717, 1.165) is 24.3 Å². The molecule has 0 saturated carbocycles. The molecule has 8 heteroatoms. The first-order chi connectivity index (χ1) is 8.40. The zero-order valence-corrected chi connectivity index (χ0v) is 10.6. The number of aliphatic hydroxyl groups is 1. The van der Waals surface area contributed by atoms with Gasteiger partial charge in [0.25, 0.3) is 5.69 Å². The zero-order chi connectivity index (χ0) is 13.8. The van der Waals surface area contributed by atoms with E-state index in [1.807, 2.05) is 0 Å². The number of nitrogens with zero attached hydrogens (tertiary/aromatic N) is 1. The van der Waals surface area contributed by atoms with Crippen LogP contribution in [0.4, 0.5) is 5.69 Å². The second-order valence-corrected chi connectivity index (χ2v) is 5.37. The van der Waals surface area contributed by atoms with E-state index < -0.39 is 21.0 Å². The molecule has 1 aromatic carbocycles. The predicted molar refractivity (Wildman–Crippen MR) is 64.6 cm³/mol. The van der Waals surface area contributed by atoms with Crippen LogP contribution in [0.2, 0.25) is 0 Å². The van der Waals surface area contributed by atoms with E-state index in [4.69, 9.17) is 5.11 Å². The van der Waals surface area contributed by atoms with Gasteiger partial charge in [-0.05, 0) is 18.6 Å². The smallest absolute Gasteiger partial charge is 0.269 e. The molecular weight excluding hydrogens is 260 g/mol. The lowest BCUT2D eigenvalue weighted by Gasteiger charge is -2.14. The van der Waals surface area contributed by atoms with Crippen molar-refractivity contribution in [3.05, 3.63) is 34.4 Å². The number of hydrogen-bond acceptors (Lipinski definition) is 5. The highest BCUT2D eigenvalue weighted by Crippen LogP contribution is 2.16. The van der Waals surface area contributed by atoms with Gasteiger partial charge >= 0.3 is 0 Å². The molecule has 0 bridgehead atoms. The van der Waals surface area contributed by atoms with Gasteiger partial charge in [-0.2, -0.15) is 0 Å². The quantitative estimate of drug-likeness (QED) is 0.584. The van der Waals surface area contributed by atoms with Crippen molar-refractivity contribution < 1.29 is 18.4 Å². The minimum absolute atomic E-state index is 0.0694. The summed E-state index contributed by atoms with van der Waals surface area (Å²) < 4.78 is 26.0. The molecule has 100 valence electrons. The molecule has 0 aliphatic carbocycles. The van der Waals surface area contributed by atoms with E-state index >= 15 is 0 Å². The Labute approximate surface area is 105 Å². The number of hydrogen-bond donors (Lipinski definition) is 2. The first-order valence-electron chi connectivity index (χ1n) is 5.28. The minimum atomic E-state index is -3.76. The summed E-state index contributed by atoms with van der Waals surface area (Å²) in [7, 11) is -3.76. The third-order valence-electron chi connectivity index (χ3n) is 2.39. The SMILES string of the molecule is CC[C@@H](CO)NS(=O)(=O)c1ccc([N+](=O)[O-])cc1. The molecule has 18 heavy (non-hydrogen) atoms. The van der Waals surface area contributed by atoms with Crippen molar-refractivity contribution in [3.8, 4) is 0 Å². The van der Waals surface area contributed by atoms with Gasteiger partial charge in [-0.25, -0.2) is 13.1 Å². The maximum Gasteiger partial charge on any atom is 0.269 e. The van der Waals surface area contributed by atoms with E-state index in [0.29, 0.717) is 6.42 Å². The molecule has 0 saturated heterocycles. The van der Waals surface area contributed by atoms with Crippen LogP contribution in [-0.4, -0.2) is 31.1 Å². The van der Waals surface area contributed by atoms with Crippen molar-refractivity contribution in [2.45, 2.75) is 24.3 Å². The Hall–Kier alpha value is -1.51. The predicted octanol–water partition coefficient (Wildman–Crippen LogP) is 0.644. The van der Waals surface area contributed by atoms with E-state index in [9.17, 15) is 18.5 Å². The Balaban J connectivity index is 2.95. The van der Waals surface area contributed by atoms with Gasteiger partial charge in [-0.3, -0.25) is 10.1 Å². The van der Waals surface area contributed by atoms with Gasteiger partial charge in [-0.1, -0.05) is 6.92 Å². The number of benzene rings is 1. The number of sulfonamides is 1. The minimum Gasteiger partial charge on any atom is -0.395 e. The molecule has 1 aromatic rings. The van der Waals surface area contributed by atoms with Gasteiger partial charge in [0.05, 0.1) is 16.4 Å². The van der Waals surface area contributed by atoms with Gasteiger partial charge < -0.3 is 5.11 Å². The summed E-state index contributed by atoms with van der Waals surface area (Å²) in [6.07, 6.45) is 0.447. The monoisotopic (exact) mass is 274 g/mol. The summed E-state index contributed by atoms with van der Waals surface area (Å²) in [5, 5.41) is 19.4. The molecule has 0 aliphatic heterocycles. The normalized spacial score (nSPS) is 13.2. The van der Waals surface area contributed by atoms with Gasteiger partial charge in [-0.15, -0.1) is 0 Å². The lowest BCUT2D eigenvalue weighted by atomic mass is 10.3. The van der Waals surface area contributed by atoms with Crippen molar-refractivity contribution in [1.82, 2.24) is 4.72 Å². The van der Waals surface area contributed by atoms with Crippen molar-refractivity contribution in [2.24, 2.45) is 0 Å². The maximum atomic E-state index is 11.8. The molecule has 7 nitrogen and oxygen atoms in total. The summed E-state index contributed by atoms with van der Waals surface area (Å²) in [6.45, 7) is 1.43. The highest BCUT2D eigenvalue weighted by atomic mass is 32.2. The van der Waals surface area contributed by atoms with Crippen LogP contribution < -0.4 is 4.72 Å². The van der Waals surface area contributed by atoms with Crippen LogP contribution in [0.5, 0.6) is 0 Å². The largest absolute Gasteiger partial charge is 0.395 e. The number of aliphatic hydroxyl groups excluding tert-OH is 1. The van der Waals surface area contributed by atoms with Crippen LogP contribution in [-0.2, 0) is 10.0 Å². The molecule has 1 rings (SSSR count). The first-order valence-corrected chi connectivity index (χ1v) is 6.76. The average Bonchev–Trinajstić information content (AvgIpc) is 2.36. The Kier molecular flexibility index (Phi) is 4.76. The molecule has 1 atom stereocenters. The summed E-state index contributed by atoms with van der Waals surface area (Å²) in [4.78, 5) is 9.77. The summed E-state index contributed by atoms with van der Waals surface area (Å²) in [5.74, 6) is 0. The summed E-state index contributed by atoms with van der Waals surface area (Å²) >= 11 is 0. The zero-order valence-electron chi connectivity index (χ0n) is 9.74. The molecule has 0 aromatic heterocycles. The van der Waals surface area contributed by atoms with E-state index in [1.165, 1.54) is 0 Å². The molecule has 0 amide bonds. The molecule has 0 aliphatic rings. The van der Waals surface area contributed by atoms with E-state index in [2.05, 4.69) is 4.72 Å². The lowest BCUT2D eigenvalue weighted by Crippen LogP contribution is -2.36. The number of non-ortho nitro benzene ring substituents is 1. The summed E-state index contributed by atoms with van der Waals surface area (Å²) in [5.41, 5.74) is -0.178. The Morgan fingerprint density at radius 3 is 2.33 bits per heavy atom. The number of nitro benzene ring substituents is 1. The number of nitro groups is 1. The molecule has 0 unspecified atom stereocenters. The highest BCUT2D eigenvalue weighted by molar-refractivity contribution is 7.89. The van der Waals surface area contributed by atoms with Crippen molar-refractivity contribution in [1.29, 1.82) is 0 Å². The highest BCUT2D eigenvalue weighted by Gasteiger charge is 2.19. The molecule has 0 heterocycles. The van der Waals surface area contributed by atoms with Gasteiger partial charge in [0, 0.05) is 18.2 Å². The average molecular weight is 274 g/mol. The molecular formula is C10H14N2O5S. The number of nitrogens with one attached hydrogen (secondary N) is 1. The van der Waals surface area contributed by atoms with Gasteiger partial charge in [0.2, 0.25) is 10.0 Å². The second kappa shape index (κ2) is 5.89. The third kappa shape index (κ3) is 3.49. The molecule has 2 N–H and O–H groups in total. The maximum absolute atomic E-state index is 11.8. The Bertz CT molecular complexity index is 508. The van der Waals surface area contributed by atoms with Crippen molar-refractivity contribution in [3.63, 3.8) is 0 Å². The van der Waals surface area contributed by atoms with E-state index in [1.54, 1.807) is 6.92 Å². The molecule has 0 radical (unpaired) electrons. The molecule has 0 fully saturated rings. The van der Waals surface area contributed by atoms with Crippen LogP contribution in [0.3, 0.4) is 0 Å². The fourth-order valence-electron chi connectivity index (χ4n) is 1.28. The lowest BCUT2D eigenvalue weighted by molar-refractivity contribution is -0.384. The standard InChI is InChI=1S/C10H14N2O5S/c1-2-8(7-13)11-18(16,17)10-5-3-9(4-6-10)12(14)15/h3-6,8,11,13H,2,7H2,1H3/t8-/m0/s1. The molecule has 0 spiro atoms. The van der Waals surface area contributed by atoms with E-state index in [-0.39, 0.29) is 17.2 Å². The first kappa shape index (κ1) is 14.6. The fourth-order valence-corrected chi connectivity index (χ4v) is 2.59. The van der Waals surface area contributed by atoms with Gasteiger partial charge in [0.15, 0.2) is 0 Å². The van der Waals surface area contributed by atoms with Crippen LogP contribution in [0.25, 0.3) is 0 Å². The summed E-state index contributed by atoms with van der Waals surface area (Å²) in [6, 6.07) is 3.99. The van der Waals surface area contributed by atoms with Crippen LogP contribution in [0.15, 0.2) is 29.2 Å². The fraction of sp³-hybridized carbons (Fsp3) is 0.400. The third-order valence-corrected chi connectivity index (χ3v) is 3.93. The van der Waals surface area contributed by atoms with Crippen molar-refractivity contribution in [2.75, 3.05) is 6.61 Å². The number of rotatable bonds is 6. The Morgan fingerprint density at radius 1 is 1.39 bits per heavy atom.